The van der Waals surface area contributed by atoms with Crippen molar-refractivity contribution in [2.24, 2.45) is 5.92 Å². The Bertz CT molecular complexity index is 188. The van der Waals surface area contributed by atoms with Crippen molar-refractivity contribution in [3.05, 3.63) is 5.53 Å². The maximum atomic E-state index is 10.4. The fourth-order valence-corrected chi connectivity index (χ4v) is 0.398. The smallest absolute Gasteiger partial charge is 0.273 e. The van der Waals surface area contributed by atoms with Crippen LogP contribution in [0.1, 0.15) is 6.92 Å². The monoisotopic (exact) mass is 141 g/mol. The van der Waals surface area contributed by atoms with Crippen molar-refractivity contribution in [1.29, 1.82) is 0 Å². The molecule has 5 nitrogen and oxygen atoms in total. The van der Waals surface area contributed by atoms with Crippen LogP contribution in [0.15, 0.2) is 0 Å². The van der Waals surface area contributed by atoms with Crippen molar-refractivity contribution in [1.82, 2.24) is 0 Å². The predicted molar refractivity (Wildman–Crippen MR) is 28.9 cm³/mol. The van der Waals surface area contributed by atoms with Crippen molar-refractivity contribution < 1.29 is 19.5 Å². The molecule has 0 amide bonds. The summed E-state index contributed by atoms with van der Waals surface area (Å²) in [5.41, 5.74) is 7.86. The molecule has 0 aliphatic heterocycles. The normalized spacial score (nSPS) is 11.3. The van der Waals surface area contributed by atoms with Gasteiger partial charge in [-0.25, -0.2) is 0 Å². The van der Waals surface area contributed by atoms with Gasteiger partial charge in [-0.05, 0) is 6.92 Å². The second kappa shape index (κ2) is 3.53. The molecule has 0 saturated carbocycles. The van der Waals surface area contributed by atoms with Gasteiger partial charge in [0.1, 0.15) is 5.78 Å². The SMILES string of the molecule is CC(=O)C(C=[N+]=[N-])C(=O)[O-]. The summed E-state index contributed by atoms with van der Waals surface area (Å²) in [6.07, 6.45) is 0.609. The van der Waals surface area contributed by atoms with E-state index in [2.05, 4.69) is 4.79 Å². The Balaban J connectivity index is 4.41. The molecule has 0 aromatic heterocycles. The minimum Gasteiger partial charge on any atom is -0.549 e. The van der Waals surface area contributed by atoms with Crippen LogP contribution >= 0.6 is 0 Å². The summed E-state index contributed by atoms with van der Waals surface area (Å²) in [6, 6.07) is 0. The van der Waals surface area contributed by atoms with Gasteiger partial charge in [0.2, 0.25) is 0 Å². The first-order chi connectivity index (χ1) is 4.59. The summed E-state index contributed by atoms with van der Waals surface area (Å²) >= 11 is 0. The van der Waals surface area contributed by atoms with Gasteiger partial charge < -0.3 is 15.4 Å². The summed E-state index contributed by atoms with van der Waals surface area (Å²) in [4.78, 5) is 22.8. The maximum Gasteiger partial charge on any atom is 0.273 e. The van der Waals surface area contributed by atoms with Crippen molar-refractivity contribution in [3.63, 3.8) is 0 Å². The fourth-order valence-electron chi connectivity index (χ4n) is 0.398. The first-order valence-corrected chi connectivity index (χ1v) is 2.48. The lowest BCUT2D eigenvalue weighted by atomic mass is 10.1. The lowest BCUT2D eigenvalue weighted by Gasteiger charge is -2.02. The molecule has 1 atom stereocenters. The van der Waals surface area contributed by atoms with Gasteiger partial charge in [-0.2, -0.15) is 4.79 Å². The molecular formula is C5H5N2O3-. The third-order valence-corrected chi connectivity index (χ3v) is 0.908. The van der Waals surface area contributed by atoms with E-state index >= 15 is 0 Å². The average Bonchev–Trinajstić information content (AvgIpc) is 1.81. The van der Waals surface area contributed by atoms with Crippen LogP contribution in [0, 0.1) is 5.92 Å². The molecule has 1 unspecified atom stereocenters. The summed E-state index contributed by atoms with van der Waals surface area (Å²) in [6.45, 7) is 1.07. The number of carbonyl (C=O) groups is 2. The standard InChI is InChI=1S/C5H6N2O3/c1-3(8)4(2-7-6)5(9)10/h2,4H,1H3,(H,9,10)/p-1. The molecule has 54 valence electrons. The van der Waals surface area contributed by atoms with Crippen LogP contribution in [0.2, 0.25) is 0 Å². The summed E-state index contributed by atoms with van der Waals surface area (Å²) in [7, 11) is 0. The lowest BCUT2D eigenvalue weighted by molar-refractivity contribution is -0.307. The van der Waals surface area contributed by atoms with Gasteiger partial charge in [0.25, 0.3) is 6.21 Å². The predicted octanol–water partition coefficient (Wildman–Crippen LogP) is -1.76. The van der Waals surface area contributed by atoms with E-state index in [1.165, 1.54) is 0 Å². The van der Waals surface area contributed by atoms with Crippen LogP contribution in [-0.2, 0) is 9.59 Å². The van der Waals surface area contributed by atoms with E-state index in [1.807, 2.05) is 0 Å². The minimum absolute atomic E-state index is 0.609. The molecule has 0 aromatic carbocycles. The summed E-state index contributed by atoms with van der Waals surface area (Å²) in [5, 5.41) is 10.00. The molecule has 10 heavy (non-hydrogen) atoms. The number of hydrogen-bond acceptors (Lipinski definition) is 3. The quantitative estimate of drug-likeness (QED) is 0.202. The molecule has 0 N–H and O–H groups in total. The van der Waals surface area contributed by atoms with E-state index in [0.29, 0.717) is 6.21 Å². The van der Waals surface area contributed by atoms with E-state index in [4.69, 9.17) is 5.53 Å². The van der Waals surface area contributed by atoms with Crippen molar-refractivity contribution >= 4 is 18.0 Å². The molecular weight excluding hydrogens is 136 g/mol. The van der Waals surface area contributed by atoms with Crippen molar-refractivity contribution in [3.8, 4) is 0 Å². The Morgan fingerprint density at radius 1 is 1.70 bits per heavy atom. The molecule has 0 saturated heterocycles. The Kier molecular flexibility index (Phi) is 3.01. The number of hydrogen-bond donors (Lipinski definition) is 0. The van der Waals surface area contributed by atoms with Crippen LogP contribution in [0.25, 0.3) is 5.53 Å². The molecule has 0 bridgehead atoms. The van der Waals surface area contributed by atoms with Crippen molar-refractivity contribution in [2.45, 2.75) is 6.92 Å². The zero-order chi connectivity index (χ0) is 8.15. The molecule has 0 aliphatic rings. The van der Waals surface area contributed by atoms with E-state index in [-0.39, 0.29) is 0 Å². The average molecular weight is 141 g/mol. The van der Waals surface area contributed by atoms with Gasteiger partial charge in [-0.15, -0.1) is 0 Å². The van der Waals surface area contributed by atoms with Gasteiger partial charge in [0, 0.05) is 0 Å². The van der Waals surface area contributed by atoms with Gasteiger partial charge in [0.15, 0.2) is 5.92 Å². The minimum atomic E-state index is -1.56. The Morgan fingerprint density at radius 2 is 2.20 bits per heavy atom. The van der Waals surface area contributed by atoms with Crippen LogP contribution in [0.5, 0.6) is 0 Å². The molecule has 0 radical (unpaired) electrons. The maximum absolute atomic E-state index is 10.4. The molecule has 5 heteroatoms. The van der Waals surface area contributed by atoms with Gasteiger partial charge in [0.05, 0.1) is 5.97 Å². The molecule has 0 rings (SSSR count). The zero-order valence-corrected chi connectivity index (χ0v) is 5.27. The Hall–Kier alpha value is -1.48. The van der Waals surface area contributed by atoms with Gasteiger partial charge in [-0.3, -0.25) is 4.79 Å². The van der Waals surface area contributed by atoms with E-state index in [0.717, 1.165) is 6.92 Å². The van der Waals surface area contributed by atoms with Crippen molar-refractivity contribution in [2.75, 3.05) is 0 Å². The van der Waals surface area contributed by atoms with E-state index < -0.39 is 17.7 Å². The lowest BCUT2D eigenvalue weighted by Crippen LogP contribution is -2.36. The largest absolute Gasteiger partial charge is 0.549 e. The van der Waals surface area contributed by atoms with Gasteiger partial charge in [-0.1, -0.05) is 0 Å². The second-order valence-corrected chi connectivity index (χ2v) is 1.67. The number of carbonyl (C=O) groups excluding carboxylic acids is 2. The first-order valence-electron chi connectivity index (χ1n) is 2.48. The topological polar surface area (TPSA) is 93.6 Å². The molecule has 0 aliphatic carbocycles. The molecule has 0 heterocycles. The third kappa shape index (κ3) is 2.19. The number of Topliss-reactive ketones (excluding diaryl/α,β-unsaturated/α-hetero) is 1. The summed E-state index contributed by atoms with van der Waals surface area (Å²) < 4.78 is 0. The zero-order valence-electron chi connectivity index (χ0n) is 5.27. The Labute approximate surface area is 56.9 Å². The highest BCUT2D eigenvalue weighted by molar-refractivity contribution is 6.08. The number of carboxylic acid groups (broad SMARTS) is 1. The van der Waals surface area contributed by atoms with E-state index in [9.17, 15) is 14.7 Å². The summed E-state index contributed by atoms with van der Waals surface area (Å²) in [5.74, 6) is -3.63. The van der Waals surface area contributed by atoms with Crippen LogP contribution in [0.3, 0.4) is 0 Å². The number of nitrogens with zero attached hydrogens (tertiary/aromatic N) is 2. The number of ketones is 1. The van der Waals surface area contributed by atoms with Crippen LogP contribution in [0.4, 0.5) is 0 Å². The molecule has 0 aromatic rings. The highest BCUT2D eigenvalue weighted by Gasteiger charge is 2.16. The van der Waals surface area contributed by atoms with E-state index in [1.54, 1.807) is 0 Å². The molecule has 0 spiro atoms. The Morgan fingerprint density at radius 3 is 2.30 bits per heavy atom. The second-order valence-electron chi connectivity index (χ2n) is 1.67. The first kappa shape index (κ1) is 8.52. The highest BCUT2D eigenvalue weighted by Crippen LogP contribution is 1.89. The highest BCUT2D eigenvalue weighted by atomic mass is 16.4. The van der Waals surface area contributed by atoms with Gasteiger partial charge >= 0.3 is 0 Å². The number of rotatable bonds is 3. The number of aliphatic carboxylic acids is 1. The fraction of sp³-hybridized carbons (Fsp3) is 0.400. The number of carboxylic acids is 1. The van der Waals surface area contributed by atoms with Crippen LogP contribution in [-0.4, -0.2) is 22.8 Å². The van der Waals surface area contributed by atoms with Crippen LogP contribution < -0.4 is 5.11 Å². The molecule has 0 fully saturated rings. The third-order valence-electron chi connectivity index (χ3n) is 0.908.